The van der Waals surface area contributed by atoms with Crippen molar-refractivity contribution in [1.29, 1.82) is 0 Å². The van der Waals surface area contributed by atoms with Crippen molar-refractivity contribution in [1.82, 2.24) is 14.5 Å². The van der Waals surface area contributed by atoms with Gasteiger partial charge in [-0.1, -0.05) is 121 Å². The maximum atomic E-state index is 6.30. The lowest BCUT2D eigenvalue weighted by atomic mass is 9.99. The fourth-order valence-corrected chi connectivity index (χ4v) is 9.73. The van der Waals surface area contributed by atoms with Crippen LogP contribution in [-0.4, -0.2) is 14.5 Å². The van der Waals surface area contributed by atoms with E-state index < -0.39 is 0 Å². The van der Waals surface area contributed by atoms with Gasteiger partial charge in [0.1, 0.15) is 11.2 Å². The molecule has 4 aromatic heterocycles. The van der Waals surface area contributed by atoms with E-state index in [9.17, 15) is 0 Å². The van der Waals surface area contributed by atoms with Crippen LogP contribution in [0.5, 0.6) is 0 Å². The Hall–Kier alpha value is -7.34. The van der Waals surface area contributed by atoms with E-state index in [-0.39, 0.29) is 0 Å². The molecule has 0 atom stereocenters. The van der Waals surface area contributed by atoms with Gasteiger partial charge in [0.05, 0.1) is 22.4 Å². The Bertz CT molecular complexity index is 3520. The van der Waals surface area contributed by atoms with Gasteiger partial charge >= 0.3 is 0 Å². The largest absolute Gasteiger partial charge is 0.456 e. The van der Waals surface area contributed by atoms with Crippen molar-refractivity contribution >= 4 is 75.3 Å². The molecule has 0 aliphatic rings. The second-order valence-corrected chi connectivity index (χ2v) is 15.6. The number of hydrogen-bond donors (Lipinski definition) is 0. The molecule has 0 saturated carbocycles. The van der Waals surface area contributed by atoms with Crippen LogP contribution < -0.4 is 0 Å². The Kier molecular flexibility index (Phi) is 7.06. The van der Waals surface area contributed by atoms with Crippen molar-refractivity contribution in [2.45, 2.75) is 0 Å². The van der Waals surface area contributed by atoms with Gasteiger partial charge in [0.15, 0.2) is 5.82 Å². The van der Waals surface area contributed by atoms with Gasteiger partial charge in [-0.15, -0.1) is 11.3 Å². The molecule has 4 nitrogen and oxygen atoms in total. The molecule has 0 unspecified atom stereocenters. The maximum Gasteiger partial charge on any atom is 0.161 e. The van der Waals surface area contributed by atoms with Crippen molar-refractivity contribution in [3.05, 3.63) is 188 Å². The number of nitrogens with zero attached hydrogens (tertiary/aromatic N) is 3. The summed E-state index contributed by atoms with van der Waals surface area (Å²) in [6.45, 7) is 0. The summed E-state index contributed by atoms with van der Waals surface area (Å²) >= 11 is 1.82. The summed E-state index contributed by atoms with van der Waals surface area (Å²) < 4.78 is 11.1. The molecule has 0 N–H and O–H groups in total. The SMILES string of the molecule is c1ccc(-c2cc(-c3ccc4c(c3)oc3ccccc34)nc(-c3cccc4sc5cc(-c6ccc7c(c6)c6ccccc6n7-c6ccccc6)ccc5c34)n2)cc1. The van der Waals surface area contributed by atoms with Crippen molar-refractivity contribution in [2.24, 2.45) is 0 Å². The highest BCUT2D eigenvalue weighted by Crippen LogP contribution is 2.43. The first-order valence-corrected chi connectivity index (χ1v) is 20.0. The van der Waals surface area contributed by atoms with Crippen LogP contribution in [0.3, 0.4) is 0 Å². The van der Waals surface area contributed by atoms with E-state index in [0.29, 0.717) is 5.82 Å². The van der Waals surface area contributed by atoms with Gasteiger partial charge in [-0.25, -0.2) is 9.97 Å². The van der Waals surface area contributed by atoms with Gasteiger partial charge in [-0.2, -0.15) is 0 Å². The standard InChI is InChI=1S/C52H31N3OS/c1-3-12-32(13-4-1)43-31-44(35-23-25-39-38-17-8-10-20-47(38)56-48(39)29-35)54-52(53-43)41-18-11-21-49-51(41)40-26-22-34(30-50(40)57-49)33-24-27-46-42(28-33)37-16-7-9-19-45(37)55(46)36-14-5-2-6-15-36/h1-31H. The van der Waals surface area contributed by atoms with Crippen LogP contribution >= 0.6 is 11.3 Å². The first-order chi connectivity index (χ1) is 28.2. The van der Waals surface area contributed by atoms with Crippen LogP contribution in [0.15, 0.2) is 192 Å². The minimum atomic E-state index is 0.700. The Morgan fingerprint density at radius 1 is 0.404 bits per heavy atom. The topological polar surface area (TPSA) is 43.9 Å². The summed E-state index contributed by atoms with van der Waals surface area (Å²) in [5, 5.41) is 7.09. The van der Waals surface area contributed by atoms with E-state index in [2.05, 4.69) is 174 Å². The Morgan fingerprint density at radius 3 is 1.95 bits per heavy atom. The van der Waals surface area contributed by atoms with Crippen molar-refractivity contribution in [3.8, 4) is 50.7 Å². The van der Waals surface area contributed by atoms with Crippen LogP contribution in [0.2, 0.25) is 0 Å². The number of furan rings is 1. The quantitative estimate of drug-likeness (QED) is 0.176. The summed E-state index contributed by atoms with van der Waals surface area (Å²) in [5.74, 6) is 0.700. The van der Waals surface area contributed by atoms with Gasteiger partial charge in [-0.3, -0.25) is 0 Å². The van der Waals surface area contributed by atoms with Crippen LogP contribution in [0.25, 0.3) is 115 Å². The normalized spacial score (nSPS) is 11.9. The molecule has 8 aromatic carbocycles. The highest BCUT2D eigenvalue weighted by Gasteiger charge is 2.18. The van der Waals surface area contributed by atoms with Crippen molar-refractivity contribution in [2.75, 3.05) is 0 Å². The van der Waals surface area contributed by atoms with Crippen molar-refractivity contribution < 1.29 is 4.42 Å². The third kappa shape index (κ3) is 5.13. The van der Waals surface area contributed by atoms with E-state index in [1.807, 2.05) is 29.5 Å². The fourth-order valence-electron chi connectivity index (χ4n) is 8.56. The Morgan fingerprint density at radius 2 is 1.07 bits per heavy atom. The summed E-state index contributed by atoms with van der Waals surface area (Å²) in [4.78, 5) is 10.5. The number of benzene rings is 8. The lowest BCUT2D eigenvalue weighted by molar-refractivity contribution is 0.669. The number of fused-ring (bicyclic) bond motifs is 9. The smallest absolute Gasteiger partial charge is 0.161 e. The molecule has 57 heavy (non-hydrogen) atoms. The molecular weight excluding hydrogens is 715 g/mol. The second kappa shape index (κ2) is 12.6. The zero-order valence-electron chi connectivity index (χ0n) is 30.6. The van der Waals surface area contributed by atoms with E-state index in [1.54, 1.807) is 0 Å². The third-order valence-electron chi connectivity index (χ3n) is 11.2. The molecule has 5 heteroatoms. The minimum Gasteiger partial charge on any atom is -0.456 e. The summed E-state index contributed by atoms with van der Waals surface area (Å²) in [5.41, 5.74) is 12.5. The number of hydrogen-bond acceptors (Lipinski definition) is 4. The molecular formula is C52H31N3OS. The molecule has 0 radical (unpaired) electrons. The lowest BCUT2D eigenvalue weighted by Gasteiger charge is -2.11. The fraction of sp³-hybridized carbons (Fsp3) is 0. The molecule has 0 bridgehead atoms. The molecule has 0 amide bonds. The molecule has 4 heterocycles. The lowest BCUT2D eigenvalue weighted by Crippen LogP contribution is -1.96. The van der Waals surface area contributed by atoms with Gasteiger partial charge in [0, 0.05) is 64.1 Å². The molecule has 0 saturated heterocycles. The third-order valence-corrected chi connectivity index (χ3v) is 12.3. The number of rotatable bonds is 5. The highest BCUT2D eigenvalue weighted by atomic mass is 32.1. The second-order valence-electron chi connectivity index (χ2n) is 14.5. The van der Waals surface area contributed by atoms with Crippen LogP contribution in [0, 0.1) is 0 Å². The summed E-state index contributed by atoms with van der Waals surface area (Å²) in [6.07, 6.45) is 0. The van der Waals surface area contributed by atoms with E-state index in [0.717, 1.165) is 55.7 Å². The van der Waals surface area contributed by atoms with E-state index >= 15 is 0 Å². The first-order valence-electron chi connectivity index (χ1n) is 19.1. The average molecular weight is 746 g/mol. The molecule has 0 fully saturated rings. The molecule has 0 aliphatic carbocycles. The minimum absolute atomic E-state index is 0.700. The van der Waals surface area contributed by atoms with E-state index in [1.165, 1.54) is 53.1 Å². The van der Waals surface area contributed by atoms with E-state index in [4.69, 9.17) is 14.4 Å². The van der Waals surface area contributed by atoms with Crippen LogP contribution in [-0.2, 0) is 0 Å². The maximum absolute atomic E-state index is 6.30. The molecule has 266 valence electrons. The van der Waals surface area contributed by atoms with Gasteiger partial charge in [0.2, 0.25) is 0 Å². The van der Waals surface area contributed by atoms with Gasteiger partial charge < -0.3 is 8.98 Å². The monoisotopic (exact) mass is 745 g/mol. The number of para-hydroxylation sites is 3. The summed E-state index contributed by atoms with van der Waals surface area (Å²) in [6, 6.07) is 66.6. The first kappa shape index (κ1) is 32.0. The highest BCUT2D eigenvalue weighted by molar-refractivity contribution is 7.26. The Balaban J connectivity index is 1.00. The molecule has 12 aromatic rings. The molecule has 0 spiro atoms. The van der Waals surface area contributed by atoms with Gasteiger partial charge in [-0.05, 0) is 77.9 Å². The predicted molar refractivity (Wildman–Crippen MR) is 238 cm³/mol. The van der Waals surface area contributed by atoms with Crippen molar-refractivity contribution in [3.63, 3.8) is 0 Å². The zero-order valence-corrected chi connectivity index (χ0v) is 31.4. The zero-order chi connectivity index (χ0) is 37.5. The number of aromatic nitrogens is 3. The predicted octanol–water partition coefficient (Wildman–Crippen LogP) is 14.5. The molecule has 0 aliphatic heterocycles. The average Bonchev–Trinajstić information content (AvgIpc) is 3.95. The van der Waals surface area contributed by atoms with Crippen LogP contribution in [0.4, 0.5) is 0 Å². The van der Waals surface area contributed by atoms with Crippen LogP contribution in [0.1, 0.15) is 0 Å². The van der Waals surface area contributed by atoms with Gasteiger partial charge in [0.25, 0.3) is 0 Å². The number of thiophene rings is 1. The summed E-state index contributed by atoms with van der Waals surface area (Å²) in [7, 11) is 0. The Labute approximate surface area is 331 Å². The molecule has 12 rings (SSSR count).